The maximum atomic E-state index is 12.6. The van der Waals surface area contributed by atoms with Crippen molar-refractivity contribution in [1.82, 2.24) is 25.1 Å². The summed E-state index contributed by atoms with van der Waals surface area (Å²) in [5, 5.41) is 8.16. The Bertz CT molecular complexity index is 954. The van der Waals surface area contributed by atoms with Crippen LogP contribution in [0.15, 0.2) is 47.1 Å². The van der Waals surface area contributed by atoms with Gasteiger partial charge in [0.25, 0.3) is 5.89 Å². The van der Waals surface area contributed by atoms with E-state index in [0.29, 0.717) is 62.5 Å². The zero-order chi connectivity index (χ0) is 20.1. The molecule has 1 aliphatic heterocycles. The first-order valence-corrected chi connectivity index (χ1v) is 9.50. The number of hydrogen-bond donors (Lipinski definition) is 0. The summed E-state index contributed by atoms with van der Waals surface area (Å²) in [5.74, 6) is 2.28. The number of nitrogens with zero attached hydrogens (tertiary/aromatic N) is 6. The highest BCUT2D eigenvalue weighted by Crippen LogP contribution is 2.28. The monoisotopic (exact) mass is 394 g/mol. The first kappa shape index (κ1) is 18.9. The number of hydrogen-bond acceptors (Lipinski definition) is 8. The fraction of sp³-hybridized carbons (Fsp3) is 0.350. The summed E-state index contributed by atoms with van der Waals surface area (Å²) in [4.78, 5) is 25.0. The number of amides is 1. The molecule has 0 aliphatic carbocycles. The SMILES string of the molecule is COc1ccccc1-c1nnc(CCC(=O)N2CCN(c3ncccn3)CC2)o1. The Hall–Kier alpha value is -3.49. The molecule has 0 N–H and O–H groups in total. The molecule has 3 aromatic rings. The van der Waals surface area contributed by atoms with Crippen LogP contribution in [0.2, 0.25) is 0 Å². The van der Waals surface area contributed by atoms with E-state index < -0.39 is 0 Å². The Morgan fingerprint density at radius 1 is 1.07 bits per heavy atom. The van der Waals surface area contributed by atoms with Gasteiger partial charge in [0.05, 0.1) is 12.7 Å². The Balaban J connectivity index is 1.30. The van der Waals surface area contributed by atoms with Crippen molar-refractivity contribution in [2.75, 3.05) is 38.2 Å². The second-order valence-corrected chi connectivity index (χ2v) is 6.62. The zero-order valence-electron chi connectivity index (χ0n) is 16.2. The predicted molar refractivity (Wildman–Crippen MR) is 105 cm³/mol. The minimum Gasteiger partial charge on any atom is -0.496 e. The van der Waals surface area contributed by atoms with Crippen molar-refractivity contribution in [3.63, 3.8) is 0 Å². The van der Waals surface area contributed by atoms with Gasteiger partial charge in [-0.25, -0.2) is 9.97 Å². The van der Waals surface area contributed by atoms with Crippen molar-refractivity contribution < 1.29 is 13.9 Å². The number of para-hydroxylation sites is 1. The van der Waals surface area contributed by atoms with Crippen LogP contribution >= 0.6 is 0 Å². The van der Waals surface area contributed by atoms with Gasteiger partial charge in [-0.1, -0.05) is 12.1 Å². The third kappa shape index (κ3) is 4.34. The number of anilines is 1. The van der Waals surface area contributed by atoms with E-state index in [-0.39, 0.29) is 5.91 Å². The quantitative estimate of drug-likeness (QED) is 0.624. The molecule has 2 aromatic heterocycles. The van der Waals surface area contributed by atoms with Crippen molar-refractivity contribution in [3.8, 4) is 17.2 Å². The molecule has 0 radical (unpaired) electrons. The molecule has 1 amide bonds. The molecule has 9 heteroatoms. The fourth-order valence-electron chi connectivity index (χ4n) is 3.27. The van der Waals surface area contributed by atoms with Crippen molar-refractivity contribution in [2.45, 2.75) is 12.8 Å². The van der Waals surface area contributed by atoms with Crippen molar-refractivity contribution >= 4 is 11.9 Å². The number of benzene rings is 1. The summed E-state index contributed by atoms with van der Waals surface area (Å²) in [6.07, 6.45) is 4.19. The predicted octanol–water partition coefficient (Wildman–Crippen LogP) is 1.82. The zero-order valence-corrected chi connectivity index (χ0v) is 16.2. The van der Waals surface area contributed by atoms with E-state index in [9.17, 15) is 4.79 Å². The number of piperazine rings is 1. The molecule has 1 aromatic carbocycles. The third-order valence-corrected chi connectivity index (χ3v) is 4.82. The number of rotatable bonds is 6. The van der Waals surface area contributed by atoms with Crippen molar-refractivity contribution in [3.05, 3.63) is 48.6 Å². The Morgan fingerprint density at radius 3 is 2.59 bits per heavy atom. The van der Waals surface area contributed by atoms with Crippen LogP contribution in [0.4, 0.5) is 5.95 Å². The van der Waals surface area contributed by atoms with Crippen LogP contribution in [0.3, 0.4) is 0 Å². The molecule has 0 atom stereocenters. The van der Waals surface area contributed by atoms with E-state index in [2.05, 4.69) is 25.1 Å². The number of ether oxygens (including phenoxy) is 1. The third-order valence-electron chi connectivity index (χ3n) is 4.82. The standard InChI is InChI=1S/C20H22N6O3/c1-28-16-6-3-2-5-15(16)19-24-23-17(29-19)7-8-18(27)25-11-13-26(14-12-25)20-21-9-4-10-22-20/h2-6,9-10H,7-8,11-14H2,1H3. The molecule has 3 heterocycles. The number of carbonyl (C=O) groups is 1. The van der Waals surface area contributed by atoms with Gasteiger partial charge >= 0.3 is 0 Å². The van der Waals surface area contributed by atoms with E-state index in [4.69, 9.17) is 9.15 Å². The molecular formula is C20H22N6O3. The van der Waals surface area contributed by atoms with Gasteiger partial charge in [0.1, 0.15) is 5.75 Å². The Morgan fingerprint density at radius 2 is 1.83 bits per heavy atom. The summed E-state index contributed by atoms with van der Waals surface area (Å²) in [7, 11) is 1.60. The lowest BCUT2D eigenvalue weighted by molar-refractivity contribution is -0.131. The smallest absolute Gasteiger partial charge is 0.251 e. The lowest BCUT2D eigenvalue weighted by Crippen LogP contribution is -2.49. The van der Waals surface area contributed by atoms with E-state index in [1.165, 1.54) is 0 Å². The second-order valence-electron chi connectivity index (χ2n) is 6.62. The molecule has 1 aliphatic rings. The minimum atomic E-state index is 0.0793. The van der Waals surface area contributed by atoms with Crippen LogP contribution in [0, 0.1) is 0 Å². The summed E-state index contributed by atoms with van der Waals surface area (Å²) in [6.45, 7) is 2.73. The van der Waals surface area contributed by atoms with Gasteiger partial charge in [-0.2, -0.15) is 0 Å². The molecule has 1 fully saturated rings. The summed E-state index contributed by atoms with van der Waals surface area (Å²) in [6, 6.07) is 9.24. The molecule has 0 unspecified atom stereocenters. The first-order valence-electron chi connectivity index (χ1n) is 9.50. The van der Waals surface area contributed by atoms with Crippen LogP contribution < -0.4 is 9.64 Å². The lowest BCUT2D eigenvalue weighted by Gasteiger charge is -2.34. The van der Waals surface area contributed by atoms with Crippen LogP contribution in [-0.4, -0.2) is 64.3 Å². The summed E-state index contributed by atoms with van der Waals surface area (Å²) in [5.41, 5.74) is 0.735. The molecule has 4 rings (SSSR count). The van der Waals surface area contributed by atoms with E-state index in [0.717, 1.165) is 5.56 Å². The molecule has 0 spiro atoms. The molecular weight excluding hydrogens is 372 g/mol. The van der Waals surface area contributed by atoms with Crippen LogP contribution in [0.25, 0.3) is 11.5 Å². The molecule has 1 saturated heterocycles. The van der Waals surface area contributed by atoms with E-state index in [1.807, 2.05) is 29.2 Å². The van der Waals surface area contributed by atoms with Gasteiger partial charge in [-0.3, -0.25) is 4.79 Å². The van der Waals surface area contributed by atoms with Gasteiger partial charge in [0.2, 0.25) is 17.7 Å². The Labute approximate surface area is 168 Å². The number of aromatic nitrogens is 4. The average Bonchev–Trinajstić information content (AvgIpc) is 3.27. The second kappa shape index (κ2) is 8.68. The number of methoxy groups -OCH3 is 1. The first-order chi connectivity index (χ1) is 14.2. The maximum absolute atomic E-state index is 12.6. The lowest BCUT2D eigenvalue weighted by atomic mass is 10.2. The number of aryl methyl sites for hydroxylation is 1. The summed E-state index contributed by atoms with van der Waals surface area (Å²) < 4.78 is 11.1. The van der Waals surface area contributed by atoms with Gasteiger partial charge in [0.15, 0.2) is 0 Å². The van der Waals surface area contributed by atoms with E-state index in [1.54, 1.807) is 25.6 Å². The molecule has 9 nitrogen and oxygen atoms in total. The Kier molecular flexibility index (Phi) is 5.64. The average molecular weight is 394 g/mol. The highest BCUT2D eigenvalue weighted by molar-refractivity contribution is 5.76. The summed E-state index contributed by atoms with van der Waals surface area (Å²) >= 11 is 0. The van der Waals surface area contributed by atoms with E-state index >= 15 is 0 Å². The van der Waals surface area contributed by atoms with Crippen molar-refractivity contribution in [2.24, 2.45) is 0 Å². The topological polar surface area (TPSA) is 97.5 Å². The largest absolute Gasteiger partial charge is 0.496 e. The highest BCUT2D eigenvalue weighted by Gasteiger charge is 2.23. The molecule has 29 heavy (non-hydrogen) atoms. The molecule has 0 saturated carbocycles. The van der Waals surface area contributed by atoms with Gasteiger partial charge in [-0.15, -0.1) is 10.2 Å². The highest BCUT2D eigenvalue weighted by atomic mass is 16.5. The molecule has 150 valence electrons. The normalized spacial score (nSPS) is 14.1. The van der Waals surface area contributed by atoms with Gasteiger partial charge in [0, 0.05) is 51.4 Å². The number of carbonyl (C=O) groups excluding carboxylic acids is 1. The maximum Gasteiger partial charge on any atom is 0.251 e. The minimum absolute atomic E-state index is 0.0793. The van der Waals surface area contributed by atoms with Crippen molar-refractivity contribution in [1.29, 1.82) is 0 Å². The van der Waals surface area contributed by atoms with Gasteiger partial charge < -0.3 is 19.0 Å². The van der Waals surface area contributed by atoms with Gasteiger partial charge in [-0.05, 0) is 18.2 Å². The molecule has 0 bridgehead atoms. The fourth-order valence-corrected chi connectivity index (χ4v) is 3.27. The van der Waals surface area contributed by atoms with Crippen LogP contribution in [0.1, 0.15) is 12.3 Å². The van der Waals surface area contributed by atoms with Crippen LogP contribution in [-0.2, 0) is 11.2 Å². The van der Waals surface area contributed by atoms with Crippen LogP contribution in [0.5, 0.6) is 5.75 Å².